The number of anilines is 1. The summed E-state index contributed by atoms with van der Waals surface area (Å²) in [5.74, 6) is -0.815. The number of carbonyl (C=O) groups is 2. The number of amides is 1. The molecule has 5 nitrogen and oxygen atoms in total. The number of thiazole rings is 1. The van der Waals surface area contributed by atoms with Crippen LogP contribution in [-0.2, 0) is 22.4 Å². The molecule has 0 saturated carbocycles. The number of carbonyl (C=O) groups excluding carboxylic acids is 2. The second-order valence-corrected chi connectivity index (χ2v) is 7.15. The fourth-order valence-corrected chi connectivity index (χ4v) is 3.76. The second kappa shape index (κ2) is 7.09. The summed E-state index contributed by atoms with van der Waals surface area (Å²) in [5, 5.41) is 3.27. The molecule has 1 aliphatic heterocycles. The van der Waals surface area contributed by atoms with Crippen LogP contribution in [0.1, 0.15) is 26.4 Å². The summed E-state index contributed by atoms with van der Waals surface area (Å²) < 4.78 is 5.28. The van der Waals surface area contributed by atoms with Gasteiger partial charge in [0.2, 0.25) is 0 Å². The van der Waals surface area contributed by atoms with E-state index < -0.39 is 12.1 Å². The highest BCUT2D eigenvalue weighted by Gasteiger charge is 2.31. The minimum Gasteiger partial charge on any atom is -0.448 e. The number of nitrogens with one attached hydrogen (secondary N) is 1. The number of cyclic esters (lactones) is 1. The number of benzene rings is 2. The summed E-state index contributed by atoms with van der Waals surface area (Å²) in [6, 6.07) is 17.3. The van der Waals surface area contributed by atoms with Gasteiger partial charge in [0, 0.05) is 23.9 Å². The number of ether oxygens (including phenoxy) is 1. The van der Waals surface area contributed by atoms with Gasteiger partial charge in [-0.05, 0) is 17.2 Å². The van der Waals surface area contributed by atoms with Crippen molar-refractivity contribution in [3.8, 4) is 0 Å². The lowest BCUT2D eigenvalue weighted by molar-refractivity contribution is -0.125. The van der Waals surface area contributed by atoms with Crippen molar-refractivity contribution >= 4 is 28.3 Å². The van der Waals surface area contributed by atoms with Crippen LogP contribution >= 0.6 is 11.3 Å². The van der Waals surface area contributed by atoms with Crippen LogP contribution in [0.3, 0.4) is 0 Å². The lowest BCUT2D eigenvalue weighted by Gasteiger charge is -2.23. The smallest absolute Gasteiger partial charge is 0.339 e. The van der Waals surface area contributed by atoms with Crippen molar-refractivity contribution in [2.24, 2.45) is 0 Å². The van der Waals surface area contributed by atoms with E-state index in [2.05, 4.69) is 22.4 Å². The molecular formula is C20H16N2O3S. The predicted octanol–water partition coefficient (Wildman–Crippen LogP) is 3.45. The Hall–Kier alpha value is -2.99. The van der Waals surface area contributed by atoms with Crippen LogP contribution < -0.4 is 5.32 Å². The highest BCUT2D eigenvalue weighted by molar-refractivity contribution is 7.15. The minimum absolute atomic E-state index is 0.353. The van der Waals surface area contributed by atoms with E-state index >= 15 is 0 Å². The number of esters is 1. The van der Waals surface area contributed by atoms with Crippen LogP contribution in [0.25, 0.3) is 0 Å². The van der Waals surface area contributed by atoms with Gasteiger partial charge in [0.1, 0.15) is 0 Å². The van der Waals surface area contributed by atoms with Gasteiger partial charge in [0.15, 0.2) is 11.2 Å². The van der Waals surface area contributed by atoms with Gasteiger partial charge in [-0.3, -0.25) is 10.1 Å². The molecule has 4 rings (SSSR count). The maximum absolute atomic E-state index is 12.5. The van der Waals surface area contributed by atoms with Gasteiger partial charge < -0.3 is 4.74 Å². The Morgan fingerprint density at radius 1 is 1.15 bits per heavy atom. The van der Waals surface area contributed by atoms with Crippen molar-refractivity contribution in [2.45, 2.75) is 18.9 Å². The van der Waals surface area contributed by atoms with E-state index in [4.69, 9.17) is 4.74 Å². The largest absolute Gasteiger partial charge is 0.448 e. The molecular weight excluding hydrogens is 348 g/mol. The first kappa shape index (κ1) is 16.5. The molecule has 0 bridgehead atoms. The maximum Gasteiger partial charge on any atom is 0.339 e. The van der Waals surface area contributed by atoms with Gasteiger partial charge in [-0.2, -0.15) is 0 Å². The summed E-state index contributed by atoms with van der Waals surface area (Å²) in [4.78, 5) is 29.8. The molecule has 1 aliphatic rings. The third-order valence-corrected chi connectivity index (χ3v) is 5.10. The third-order valence-electron chi connectivity index (χ3n) is 4.19. The fourth-order valence-electron chi connectivity index (χ4n) is 2.91. The Balaban J connectivity index is 1.42. The topological polar surface area (TPSA) is 68.3 Å². The van der Waals surface area contributed by atoms with E-state index in [1.54, 1.807) is 18.3 Å². The molecule has 130 valence electrons. The molecule has 1 aromatic heterocycles. The van der Waals surface area contributed by atoms with Crippen molar-refractivity contribution in [1.82, 2.24) is 4.98 Å². The van der Waals surface area contributed by atoms with Crippen molar-refractivity contribution in [2.75, 3.05) is 5.32 Å². The summed E-state index contributed by atoms with van der Waals surface area (Å²) in [7, 11) is 0. The molecule has 26 heavy (non-hydrogen) atoms. The first-order valence-electron chi connectivity index (χ1n) is 8.27. The monoisotopic (exact) mass is 364 g/mol. The quantitative estimate of drug-likeness (QED) is 0.720. The number of aromatic nitrogens is 1. The standard InChI is InChI=1S/C20H16N2O3S/c23-18(17-11-14-8-4-5-9-16(14)19(24)25-17)22-20-21-12-15(26-20)10-13-6-2-1-3-7-13/h1-9,12,17H,10-11H2,(H,21,22,23)/t17-/m0/s1. The average Bonchev–Trinajstić information content (AvgIpc) is 3.09. The van der Waals surface area contributed by atoms with Crippen molar-refractivity contribution in [3.05, 3.63) is 82.4 Å². The number of fused-ring (bicyclic) bond motifs is 1. The SMILES string of the molecule is O=C1O[C@H](C(=O)Nc2ncc(Cc3ccccc3)s2)Cc2ccccc21. The van der Waals surface area contributed by atoms with Gasteiger partial charge >= 0.3 is 5.97 Å². The van der Waals surface area contributed by atoms with E-state index in [0.29, 0.717) is 17.1 Å². The first-order chi connectivity index (χ1) is 12.7. The summed E-state index contributed by atoms with van der Waals surface area (Å²) >= 11 is 1.42. The summed E-state index contributed by atoms with van der Waals surface area (Å²) in [6.45, 7) is 0. The van der Waals surface area contributed by atoms with Crippen LogP contribution in [0.5, 0.6) is 0 Å². The zero-order valence-electron chi connectivity index (χ0n) is 13.8. The molecule has 0 spiro atoms. The number of hydrogen-bond donors (Lipinski definition) is 1. The molecule has 0 aliphatic carbocycles. The zero-order chi connectivity index (χ0) is 17.9. The molecule has 3 aromatic rings. The Labute approximate surface area is 154 Å². The lowest BCUT2D eigenvalue weighted by Crippen LogP contribution is -2.37. The minimum atomic E-state index is -0.834. The van der Waals surface area contributed by atoms with Crippen LogP contribution in [0.4, 0.5) is 5.13 Å². The summed E-state index contributed by atoms with van der Waals surface area (Å²) in [6.07, 6.45) is 2.06. The summed E-state index contributed by atoms with van der Waals surface area (Å²) in [5.41, 5.74) is 2.54. The molecule has 6 heteroatoms. The van der Waals surface area contributed by atoms with E-state index in [1.807, 2.05) is 30.3 Å². The van der Waals surface area contributed by atoms with Crippen LogP contribution in [0.15, 0.2) is 60.8 Å². The van der Waals surface area contributed by atoms with Crippen molar-refractivity contribution in [1.29, 1.82) is 0 Å². The van der Waals surface area contributed by atoms with Crippen molar-refractivity contribution in [3.63, 3.8) is 0 Å². The van der Waals surface area contributed by atoms with Crippen LogP contribution in [-0.4, -0.2) is 23.0 Å². The van der Waals surface area contributed by atoms with Gasteiger partial charge in [-0.15, -0.1) is 11.3 Å². The number of nitrogens with zero attached hydrogens (tertiary/aromatic N) is 1. The Morgan fingerprint density at radius 2 is 1.92 bits per heavy atom. The van der Waals surface area contributed by atoms with E-state index in [9.17, 15) is 9.59 Å². The maximum atomic E-state index is 12.5. The highest BCUT2D eigenvalue weighted by atomic mass is 32.1. The van der Waals surface area contributed by atoms with Crippen LogP contribution in [0, 0.1) is 0 Å². The fraction of sp³-hybridized carbons (Fsp3) is 0.150. The lowest BCUT2D eigenvalue weighted by atomic mass is 9.98. The van der Waals surface area contributed by atoms with Crippen LogP contribution in [0.2, 0.25) is 0 Å². The van der Waals surface area contributed by atoms with Gasteiger partial charge in [0.25, 0.3) is 5.91 Å². The van der Waals surface area contributed by atoms with E-state index in [1.165, 1.54) is 16.9 Å². The van der Waals surface area contributed by atoms with E-state index in [0.717, 1.165) is 16.9 Å². The zero-order valence-corrected chi connectivity index (χ0v) is 14.7. The molecule has 0 fully saturated rings. The number of hydrogen-bond acceptors (Lipinski definition) is 5. The normalized spacial score (nSPS) is 15.8. The molecule has 2 heterocycles. The molecule has 1 atom stereocenters. The molecule has 0 unspecified atom stereocenters. The first-order valence-corrected chi connectivity index (χ1v) is 9.09. The molecule has 1 amide bonds. The van der Waals surface area contributed by atoms with Crippen molar-refractivity contribution < 1.29 is 14.3 Å². The average molecular weight is 364 g/mol. The highest BCUT2D eigenvalue weighted by Crippen LogP contribution is 2.24. The Morgan fingerprint density at radius 3 is 2.77 bits per heavy atom. The molecule has 0 saturated heterocycles. The van der Waals surface area contributed by atoms with Gasteiger partial charge in [0.05, 0.1) is 5.56 Å². The van der Waals surface area contributed by atoms with Gasteiger partial charge in [-0.25, -0.2) is 9.78 Å². The van der Waals surface area contributed by atoms with Gasteiger partial charge in [-0.1, -0.05) is 48.5 Å². The molecule has 0 radical (unpaired) electrons. The Bertz CT molecular complexity index is 952. The predicted molar refractivity (Wildman–Crippen MR) is 99.3 cm³/mol. The number of rotatable bonds is 4. The third kappa shape index (κ3) is 3.50. The Kier molecular flexibility index (Phi) is 4.50. The van der Waals surface area contributed by atoms with E-state index in [-0.39, 0.29) is 5.91 Å². The second-order valence-electron chi connectivity index (χ2n) is 6.04. The molecule has 1 N–H and O–H groups in total. The molecule has 2 aromatic carbocycles.